The van der Waals surface area contributed by atoms with Crippen LogP contribution in [0.2, 0.25) is 0 Å². The maximum Gasteiger partial charge on any atom is 0.179 e. The van der Waals surface area contributed by atoms with Crippen molar-refractivity contribution in [3.05, 3.63) is 23.3 Å². The van der Waals surface area contributed by atoms with Gasteiger partial charge in [0.1, 0.15) is 0 Å². The van der Waals surface area contributed by atoms with Crippen molar-refractivity contribution in [3.8, 4) is 0 Å². The SMILES string of the molecule is CC(C)NC1CCC2=C(C=CCC2)C1=O. The number of rotatable bonds is 2. The van der Waals surface area contributed by atoms with Gasteiger partial charge in [0, 0.05) is 11.6 Å². The van der Waals surface area contributed by atoms with Gasteiger partial charge >= 0.3 is 0 Å². The average Bonchev–Trinajstić information content (AvgIpc) is 2.22. The van der Waals surface area contributed by atoms with Crippen LogP contribution < -0.4 is 5.32 Å². The summed E-state index contributed by atoms with van der Waals surface area (Å²) in [6.07, 6.45) is 8.41. The first-order valence-corrected chi connectivity index (χ1v) is 5.87. The number of allylic oxidation sites excluding steroid dienone is 3. The first-order chi connectivity index (χ1) is 7.18. The summed E-state index contributed by atoms with van der Waals surface area (Å²) < 4.78 is 0. The summed E-state index contributed by atoms with van der Waals surface area (Å²) in [6.45, 7) is 4.18. The second-order valence-electron chi connectivity index (χ2n) is 4.74. The van der Waals surface area contributed by atoms with Gasteiger partial charge in [-0.1, -0.05) is 31.6 Å². The monoisotopic (exact) mass is 205 g/mol. The highest BCUT2D eigenvalue weighted by atomic mass is 16.1. The van der Waals surface area contributed by atoms with Gasteiger partial charge in [-0.05, 0) is 25.7 Å². The minimum atomic E-state index is 0.0477. The molecule has 0 amide bonds. The Morgan fingerprint density at radius 2 is 2.20 bits per heavy atom. The van der Waals surface area contributed by atoms with Crippen LogP contribution in [-0.2, 0) is 4.79 Å². The van der Waals surface area contributed by atoms with Crippen LogP contribution in [0.3, 0.4) is 0 Å². The van der Waals surface area contributed by atoms with E-state index >= 15 is 0 Å². The molecule has 2 nitrogen and oxygen atoms in total. The third kappa shape index (κ3) is 2.20. The highest BCUT2D eigenvalue weighted by Gasteiger charge is 2.28. The van der Waals surface area contributed by atoms with E-state index in [0.29, 0.717) is 11.8 Å². The van der Waals surface area contributed by atoms with Gasteiger partial charge in [-0.15, -0.1) is 0 Å². The van der Waals surface area contributed by atoms with Gasteiger partial charge in [-0.3, -0.25) is 4.79 Å². The molecule has 0 spiro atoms. The third-order valence-electron chi connectivity index (χ3n) is 3.13. The Morgan fingerprint density at radius 1 is 1.40 bits per heavy atom. The number of carbonyl (C=O) groups is 1. The molecule has 0 fully saturated rings. The van der Waals surface area contributed by atoms with E-state index in [2.05, 4.69) is 25.2 Å². The van der Waals surface area contributed by atoms with Gasteiger partial charge in [0.2, 0.25) is 0 Å². The molecule has 2 rings (SSSR count). The Balaban J connectivity index is 2.14. The summed E-state index contributed by atoms with van der Waals surface area (Å²) in [6, 6.07) is 0.431. The molecule has 2 aliphatic rings. The lowest BCUT2D eigenvalue weighted by molar-refractivity contribution is -0.118. The topological polar surface area (TPSA) is 29.1 Å². The van der Waals surface area contributed by atoms with Crippen LogP contribution in [0.1, 0.15) is 39.5 Å². The molecule has 0 bridgehead atoms. The molecule has 0 aliphatic heterocycles. The predicted molar refractivity (Wildman–Crippen MR) is 61.7 cm³/mol. The van der Waals surface area contributed by atoms with Gasteiger partial charge in [0.25, 0.3) is 0 Å². The smallest absolute Gasteiger partial charge is 0.179 e. The average molecular weight is 205 g/mol. The lowest BCUT2D eigenvalue weighted by Crippen LogP contribution is -2.43. The molecule has 15 heavy (non-hydrogen) atoms. The van der Waals surface area contributed by atoms with Crippen LogP contribution in [0.5, 0.6) is 0 Å². The van der Waals surface area contributed by atoms with Crippen molar-refractivity contribution in [3.63, 3.8) is 0 Å². The van der Waals surface area contributed by atoms with E-state index in [1.807, 2.05) is 6.08 Å². The fourth-order valence-corrected chi connectivity index (χ4v) is 2.43. The molecule has 0 aromatic heterocycles. The zero-order valence-corrected chi connectivity index (χ0v) is 9.55. The van der Waals surface area contributed by atoms with E-state index in [0.717, 1.165) is 31.3 Å². The summed E-state index contributed by atoms with van der Waals surface area (Å²) >= 11 is 0. The first-order valence-electron chi connectivity index (χ1n) is 5.87. The van der Waals surface area contributed by atoms with Crippen LogP contribution >= 0.6 is 0 Å². The molecule has 2 heteroatoms. The number of carbonyl (C=O) groups excluding carboxylic acids is 1. The number of ketones is 1. The minimum Gasteiger partial charge on any atom is -0.305 e. The van der Waals surface area contributed by atoms with Crippen molar-refractivity contribution in [2.45, 2.75) is 51.6 Å². The highest BCUT2D eigenvalue weighted by molar-refractivity contribution is 6.03. The summed E-state index contributed by atoms with van der Waals surface area (Å²) in [7, 11) is 0. The van der Waals surface area contributed by atoms with E-state index in [1.165, 1.54) is 5.57 Å². The number of nitrogens with one attached hydrogen (secondary N) is 1. The Hall–Kier alpha value is -0.890. The zero-order valence-electron chi connectivity index (χ0n) is 9.55. The first kappa shape index (κ1) is 10.6. The van der Waals surface area contributed by atoms with Gasteiger partial charge < -0.3 is 5.32 Å². The van der Waals surface area contributed by atoms with Crippen molar-refractivity contribution in [1.82, 2.24) is 5.32 Å². The lowest BCUT2D eigenvalue weighted by atomic mass is 9.82. The van der Waals surface area contributed by atoms with Gasteiger partial charge in [0.15, 0.2) is 5.78 Å². The normalized spacial score (nSPS) is 26.1. The van der Waals surface area contributed by atoms with Gasteiger partial charge in [0.05, 0.1) is 6.04 Å². The Morgan fingerprint density at radius 3 is 2.93 bits per heavy atom. The van der Waals surface area contributed by atoms with Crippen LogP contribution in [0, 0.1) is 0 Å². The predicted octanol–water partition coefficient (Wildman–Crippen LogP) is 2.36. The van der Waals surface area contributed by atoms with E-state index in [1.54, 1.807) is 0 Å². The van der Waals surface area contributed by atoms with Gasteiger partial charge in [-0.25, -0.2) is 0 Å². The maximum absolute atomic E-state index is 12.1. The second-order valence-corrected chi connectivity index (χ2v) is 4.74. The molecular weight excluding hydrogens is 186 g/mol. The lowest BCUT2D eigenvalue weighted by Gasteiger charge is -2.28. The van der Waals surface area contributed by atoms with Gasteiger partial charge in [-0.2, -0.15) is 0 Å². The van der Waals surface area contributed by atoms with Crippen molar-refractivity contribution >= 4 is 5.78 Å². The van der Waals surface area contributed by atoms with Crippen LogP contribution in [0.4, 0.5) is 0 Å². The number of hydrogen-bond donors (Lipinski definition) is 1. The Bertz CT molecular complexity index is 325. The molecule has 0 aromatic rings. The molecule has 0 radical (unpaired) electrons. The third-order valence-corrected chi connectivity index (χ3v) is 3.13. The minimum absolute atomic E-state index is 0.0477. The molecule has 2 aliphatic carbocycles. The van der Waals surface area contributed by atoms with E-state index in [9.17, 15) is 4.79 Å². The van der Waals surface area contributed by atoms with Crippen molar-refractivity contribution < 1.29 is 4.79 Å². The van der Waals surface area contributed by atoms with Crippen LogP contribution in [-0.4, -0.2) is 17.9 Å². The summed E-state index contributed by atoms with van der Waals surface area (Å²) in [4.78, 5) is 12.1. The standard InChI is InChI=1S/C13H19NO/c1-9(2)14-12-8-7-10-5-3-4-6-11(10)13(12)15/h4,6,9,12,14H,3,5,7-8H2,1-2H3. The molecular formula is C13H19NO. The molecule has 0 saturated carbocycles. The Labute approximate surface area is 91.4 Å². The molecule has 82 valence electrons. The fourth-order valence-electron chi connectivity index (χ4n) is 2.43. The highest BCUT2D eigenvalue weighted by Crippen LogP contribution is 2.30. The van der Waals surface area contributed by atoms with Crippen LogP contribution in [0.25, 0.3) is 0 Å². The quantitative estimate of drug-likeness (QED) is 0.750. The summed E-state index contributed by atoms with van der Waals surface area (Å²) in [5.41, 5.74) is 2.37. The molecule has 1 atom stereocenters. The summed E-state index contributed by atoms with van der Waals surface area (Å²) in [5, 5.41) is 3.35. The number of hydrogen-bond acceptors (Lipinski definition) is 2. The molecule has 0 heterocycles. The second kappa shape index (κ2) is 4.31. The maximum atomic E-state index is 12.1. The largest absolute Gasteiger partial charge is 0.305 e. The molecule has 1 unspecified atom stereocenters. The van der Waals surface area contributed by atoms with E-state index in [-0.39, 0.29) is 6.04 Å². The van der Waals surface area contributed by atoms with Crippen LogP contribution in [0.15, 0.2) is 23.3 Å². The van der Waals surface area contributed by atoms with Crippen molar-refractivity contribution in [1.29, 1.82) is 0 Å². The molecule has 0 aromatic carbocycles. The van der Waals surface area contributed by atoms with Crippen molar-refractivity contribution in [2.75, 3.05) is 0 Å². The fraction of sp³-hybridized carbons (Fsp3) is 0.615. The Kier molecular flexibility index (Phi) is 3.06. The number of Topliss-reactive ketones (excluding diaryl/α,β-unsaturated/α-hetero) is 1. The van der Waals surface area contributed by atoms with Crippen molar-refractivity contribution in [2.24, 2.45) is 0 Å². The van der Waals surface area contributed by atoms with E-state index < -0.39 is 0 Å². The zero-order chi connectivity index (χ0) is 10.8. The van der Waals surface area contributed by atoms with E-state index in [4.69, 9.17) is 0 Å². The molecule has 0 saturated heterocycles. The molecule has 1 N–H and O–H groups in total. The summed E-state index contributed by atoms with van der Waals surface area (Å²) in [5.74, 6) is 0.306.